The summed E-state index contributed by atoms with van der Waals surface area (Å²) in [7, 11) is 2.04. The van der Waals surface area contributed by atoms with E-state index in [1.165, 1.54) is 12.0 Å². The van der Waals surface area contributed by atoms with Crippen LogP contribution in [0.5, 0.6) is 0 Å². The molecule has 0 aliphatic carbocycles. The van der Waals surface area contributed by atoms with Crippen molar-refractivity contribution < 1.29 is 4.42 Å². The maximum absolute atomic E-state index is 5.36. The van der Waals surface area contributed by atoms with Gasteiger partial charge in [-0.15, -0.1) is 0 Å². The lowest BCUT2D eigenvalue weighted by Gasteiger charge is -2.15. The summed E-state index contributed by atoms with van der Waals surface area (Å²) >= 11 is 0. The van der Waals surface area contributed by atoms with E-state index in [-0.39, 0.29) is 0 Å². The molecule has 1 atom stereocenters. The Hall–Kier alpha value is -1.54. The molecule has 1 aromatic carbocycles. The average Bonchev–Trinajstić information content (AvgIpc) is 2.93. The maximum Gasteiger partial charge on any atom is 0.103 e. The van der Waals surface area contributed by atoms with E-state index < -0.39 is 0 Å². The van der Waals surface area contributed by atoms with E-state index in [1.54, 1.807) is 6.26 Å². The van der Waals surface area contributed by atoms with Gasteiger partial charge in [-0.3, -0.25) is 0 Å². The SMILES string of the molecule is CNC(CCc1ccccc1)CCc1ccco1. The molecule has 2 nitrogen and oxygen atoms in total. The Labute approximate surface area is 109 Å². The van der Waals surface area contributed by atoms with Gasteiger partial charge in [-0.05, 0) is 44.0 Å². The van der Waals surface area contributed by atoms with Crippen molar-refractivity contribution in [2.75, 3.05) is 7.05 Å². The summed E-state index contributed by atoms with van der Waals surface area (Å²) < 4.78 is 5.36. The molecular weight excluding hydrogens is 222 g/mol. The lowest BCUT2D eigenvalue weighted by Crippen LogP contribution is -2.26. The highest BCUT2D eigenvalue weighted by Crippen LogP contribution is 2.11. The van der Waals surface area contributed by atoms with Crippen molar-refractivity contribution in [2.45, 2.75) is 31.7 Å². The van der Waals surface area contributed by atoms with Crippen LogP contribution >= 0.6 is 0 Å². The third kappa shape index (κ3) is 4.04. The normalized spacial score (nSPS) is 12.5. The Morgan fingerprint density at radius 1 is 1.00 bits per heavy atom. The van der Waals surface area contributed by atoms with Gasteiger partial charge in [-0.2, -0.15) is 0 Å². The van der Waals surface area contributed by atoms with Gasteiger partial charge in [0.05, 0.1) is 6.26 Å². The molecular formula is C16H21NO. The van der Waals surface area contributed by atoms with Crippen molar-refractivity contribution in [3.05, 3.63) is 60.1 Å². The Kier molecular flexibility index (Phi) is 5.03. The molecule has 0 saturated heterocycles. The number of furan rings is 1. The highest BCUT2D eigenvalue weighted by atomic mass is 16.3. The van der Waals surface area contributed by atoms with Gasteiger partial charge < -0.3 is 9.73 Å². The predicted octanol–water partition coefficient (Wildman–Crippen LogP) is 3.43. The van der Waals surface area contributed by atoms with Crippen LogP contribution in [0.15, 0.2) is 53.1 Å². The first kappa shape index (κ1) is 12.9. The second kappa shape index (κ2) is 7.02. The molecule has 1 unspecified atom stereocenters. The van der Waals surface area contributed by atoms with Crippen molar-refractivity contribution in [3.8, 4) is 0 Å². The zero-order valence-corrected chi connectivity index (χ0v) is 10.9. The van der Waals surface area contributed by atoms with Crippen LogP contribution in [0, 0.1) is 0 Å². The van der Waals surface area contributed by atoms with Crippen molar-refractivity contribution >= 4 is 0 Å². The van der Waals surface area contributed by atoms with Crippen LogP contribution in [0.3, 0.4) is 0 Å². The summed E-state index contributed by atoms with van der Waals surface area (Å²) in [6, 6.07) is 15.2. The Bertz CT molecular complexity index is 422. The maximum atomic E-state index is 5.36. The van der Waals surface area contributed by atoms with E-state index in [0.29, 0.717) is 6.04 Å². The summed E-state index contributed by atoms with van der Waals surface area (Å²) in [5, 5.41) is 3.39. The quantitative estimate of drug-likeness (QED) is 0.806. The summed E-state index contributed by atoms with van der Waals surface area (Å²) in [6.07, 6.45) is 6.17. The molecule has 0 radical (unpaired) electrons. The van der Waals surface area contributed by atoms with Gasteiger partial charge in [-0.25, -0.2) is 0 Å². The van der Waals surface area contributed by atoms with Crippen LogP contribution < -0.4 is 5.32 Å². The van der Waals surface area contributed by atoms with Gasteiger partial charge in [0, 0.05) is 12.5 Å². The molecule has 1 aromatic heterocycles. The monoisotopic (exact) mass is 243 g/mol. The van der Waals surface area contributed by atoms with Crippen molar-refractivity contribution in [1.82, 2.24) is 5.32 Å². The molecule has 0 aliphatic heterocycles. The van der Waals surface area contributed by atoms with Crippen LogP contribution in [0.4, 0.5) is 0 Å². The van der Waals surface area contributed by atoms with E-state index in [9.17, 15) is 0 Å². The fourth-order valence-electron chi connectivity index (χ4n) is 2.19. The molecule has 0 bridgehead atoms. The average molecular weight is 243 g/mol. The first-order chi connectivity index (χ1) is 8.88. The van der Waals surface area contributed by atoms with Crippen LogP contribution in [0.2, 0.25) is 0 Å². The van der Waals surface area contributed by atoms with E-state index in [2.05, 4.69) is 35.6 Å². The Morgan fingerprint density at radius 2 is 1.78 bits per heavy atom. The third-order valence-electron chi connectivity index (χ3n) is 3.35. The number of hydrogen-bond acceptors (Lipinski definition) is 2. The van der Waals surface area contributed by atoms with Crippen molar-refractivity contribution in [2.24, 2.45) is 0 Å². The van der Waals surface area contributed by atoms with Crippen LogP contribution in [0.1, 0.15) is 24.2 Å². The lowest BCUT2D eigenvalue weighted by molar-refractivity contribution is 0.446. The predicted molar refractivity (Wildman–Crippen MR) is 74.6 cm³/mol. The lowest BCUT2D eigenvalue weighted by atomic mass is 10.0. The van der Waals surface area contributed by atoms with Gasteiger partial charge in [0.1, 0.15) is 5.76 Å². The fraction of sp³-hybridized carbons (Fsp3) is 0.375. The molecule has 1 heterocycles. The minimum atomic E-state index is 0.551. The van der Waals surface area contributed by atoms with E-state index in [0.717, 1.165) is 25.0 Å². The molecule has 0 amide bonds. The zero-order chi connectivity index (χ0) is 12.6. The topological polar surface area (TPSA) is 25.2 Å². The van der Waals surface area contributed by atoms with Gasteiger partial charge >= 0.3 is 0 Å². The van der Waals surface area contributed by atoms with E-state index in [4.69, 9.17) is 4.42 Å². The standard InChI is InChI=1S/C16H21NO/c1-17-15(11-12-16-8-5-13-18-16)10-9-14-6-3-2-4-7-14/h2-8,13,15,17H,9-12H2,1H3. The zero-order valence-electron chi connectivity index (χ0n) is 10.9. The highest BCUT2D eigenvalue weighted by molar-refractivity contribution is 5.14. The molecule has 0 aliphatic rings. The van der Waals surface area contributed by atoms with Crippen LogP contribution in [0.25, 0.3) is 0 Å². The molecule has 18 heavy (non-hydrogen) atoms. The second-order valence-electron chi connectivity index (χ2n) is 4.63. The van der Waals surface area contributed by atoms with Gasteiger partial charge in [0.25, 0.3) is 0 Å². The summed E-state index contributed by atoms with van der Waals surface area (Å²) in [4.78, 5) is 0. The number of benzene rings is 1. The number of nitrogens with one attached hydrogen (secondary N) is 1. The van der Waals surface area contributed by atoms with Crippen LogP contribution in [-0.4, -0.2) is 13.1 Å². The smallest absolute Gasteiger partial charge is 0.103 e. The van der Waals surface area contributed by atoms with Gasteiger partial charge in [-0.1, -0.05) is 30.3 Å². The Morgan fingerprint density at radius 3 is 2.44 bits per heavy atom. The van der Waals surface area contributed by atoms with Gasteiger partial charge in [0.15, 0.2) is 0 Å². The number of rotatable bonds is 7. The molecule has 2 rings (SSSR count). The number of hydrogen-bond donors (Lipinski definition) is 1. The summed E-state index contributed by atoms with van der Waals surface area (Å²) in [5.41, 5.74) is 1.41. The minimum absolute atomic E-state index is 0.551. The first-order valence-electron chi connectivity index (χ1n) is 6.62. The fourth-order valence-corrected chi connectivity index (χ4v) is 2.19. The Balaban J connectivity index is 1.75. The van der Waals surface area contributed by atoms with Crippen LogP contribution in [-0.2, 0) is 12.8 Å². The minimum Gasteiger partial charge on any atom is -0.469 e. The first-order valence-corrected chi connectivity index (χ1v) is 6.62. The molecule has 2 heteroatoms. The highest BCUT2D eigenvalue weighted by Gasteiger charge is 2.07. The molecule has 2 aromatic rings. The molecule has 1 N–H and O–H groups in total. The number of aryl methyl sites for hydroxylation is 2. The van der Waals surface area contributed by atoms with E-state index in [1.807, 2.05) is 19.2 Å². The summed E-state index contributed by atoms with van der Waals surface area (Å²) in [6.45, 7) is 0. The van der Waals surface area contributed by atoms with Crippen molar-refractivity contribution in [1.29, 1.82) is 0 Å². The largest absolute Gasteiger partial charge is 0.469 e. The molecule has 0 fully saturated rings. The molecule has 0 spiro atoms. The molecule has 96 valence electrons. The van der Waals surface area contributed by atoms with Crippen molar-refractivity contribution in [3.63, 3.8) is 0 Å². The third-order valence-corrected chi connectivity index (χ3v) is 3.35. The van der Waals surface area contributed by atoms with E-state index >= 15 is 0 Å². The van der Waals surface area contributed by atoms with Gasteiger partial charge in [0.2, 0.25) is 0 Å². The molecule has 0 saturated carbocycles. The second-order valence-corrected chi connectivity index (χ2v) is 4.63. The summed E-state index contributed by atoms with van der Waals surface area (Å²) in [5.74, 6) is 1.08.